The van der Waals surface area contributed by atoms with Crippen LogP contribution in [0.2, 0.25) is 0 Å². The number of hydrogen-bond donors (Lipinski definition) is 1. The molecule has 1 aromatic heterocycles. The summed E-state index contributed by atoms with van der Waals surface area (Å²) in [6.45, 7) is 0.642. The zero-order valence-electron chi connectivity index (χ0n) is 4.46. The lowest BCUT2D eigenvalue weighted by Gasteiger charge is -1.79. The Morgan fingerprint density at radius 1 is 1.75 bits per heavy atom. The monoisotopic (exact) mass is 107 g/mol. The molecule has 0 bridgehead atoms. The molecule has 8 heavy (non-hydrogen) atoms. The molecule has 0 unspecified atom stereocenters. The van der Waals surface area contributed by atoms with Crippen LogP contribution in [0.15, 0.2) is 18.7 Å². The molecule has 0 fully saturated rings. The Morgan fingerprint density at radius 2 is 2.62 bits per heavy atom. The van der Waals surface area contributed by atoms with Crippen molar-refractivity contribution in [3.8, 4) is 12.3 Å². The molecule has 0 radical (unpaired) electrons. The smallest absolute Gasteiger partial charge is 0.242 e. The molecule has 1 aromatic rings. The Kier molecular flexibility index (Phi) is 1.34. The predicted octanol–water partition coefficient (Wildman–Crippen LogP) is -0.0646. The molecule has 0 aliphatic rings. The van der Waals surface area contributed by atoms with Crippen molar-refractivity contribution in [3.63, 3.8) is 0 Å². The summed E-state index contributed by atoms with van der Waals surface area (Å²) >= 11 is 0. The van der Waals surface area contributed by atoms with Crippen LogP contribution in [0.5, 0.6) is 0 Å². The lowest BCUT2D eigenvalue weighted by molar-refractivity contribution is -0.683. The van der Waals surface area contributed by atoms with E-state index in [0.717, 1.165) is 0 Å². The number of nitrogens with one attached hydrogen (secondary N) is 1. The summed E-state index contributed by atoms with van der Waals surface area (Å²) in [4.78, 5) is 2.88. The first-order chi connectivity index (χ1) is 3.93. The predicted molar refractivity (Wildman–Crippen MR) is 29.8 cm³/mol. The van der Waals surface area contributed by atoms with Crippen LogP contribution in [0, 0.1) is 12.3 Å². The standard InChI is InChI=1S/C6H6N2/c1-2-4-8-5-3-7-6-8/h1,3,5-6H,4H2/p+1. The molecule has 0 aromatic carbocycles. The van der Waals surface area contributed by atoms with Crippen LogP contribution in [-0.2, 0) is 6.54 Å². The van der Waals surface area contributed by atoms with E-state index < -0.39 is 0 Å². The van der Waals surface area contributed by atoms with Gasteiger partial charge in [0.2, 0.25) is 6.33 Å². The van der Waals surface area contributed by atoms with Gasteiger partial charge in [-0.2, -0.15) is 0 Å². The molecule has 1 heterocycles. The van der Waals surface area contributed by atoms with Crippen molar-refractivity contribution in [3.05, 3.63) is 18.7 Å². The van der Waals surface area contributed by atoms with Crippen molar-refractivity contribution in [2.24, 2.45) is 0 Å². The van der Waals surface area contributed by atoms with E-state index in [1.54, 1.807) is 0 Å². The molecule has 40 valence electrons. The van der Waals surface area contributed by atoms with Gasteiger partial charge in [0, 0.05) is 0 Å². The fourth-order valence-corrected chi connectivity index (χ4v) is 0.524. The lowest BCUT2D eigenvalue weighted by atomic mass is 10.6. The molecular formula is C6H7N2+. The Balaban J connectivity index is 2.67. The fraction of sp³-hybridized carbons (Fsp3) is 0.167. The zero-order chi connectivity index (χ0) is 5.82. The van der Waals surface area contributed by atoms with Gasteiger partial charge in [-0.15, -0.1) is 6.42 Å². The summed E-state index contributed by atoms with van der Waals surface area (Å²) < 4.78 is 1.89. The van der Waals surface area contributed by atoms with Crippen molar-refractivity contribution in [1.29, 1.82) is 0 Å². The van der Waals surface area contributed by atoms with Gasteiger partial charge < -0.3 is 0 Å². The van der Waals surface area contributed by atoms with Gasteiger partial charge in [0.1, 0.15) is 12.4 Å². The lowest BCUT2D eigenvalue weighted by Crippen LogP contribution is -2.28. The van der Waals surface area contributed by atoms with E-state index in [2.05, 4.69) is 10.9 Å². The van der Waals surface area contributed by atoms with Gasteiger partial charge in [0.25, 0.3) is 0 Å². The second-order valence-corrected chi connectivity index (χ2v) is 1.49. The number of terminal acetylenes is 1. The van der Waals surface area contributed by atoms with Gasteiger partial charge >= 0.3 is 0 Å². The van der Waals surface area contributed by atoms with Gasteiger partial charge in [-0.05, 0) is 0 Å². The number of H-pyrrole nitrogens is 1. The van der Waals surface area contributed by atoms with Crippen LogP contribution in [0.1, 0.15) is 0 Å². The summed E-state index contributed by atoms with van der Waals surface area (Å²) in [5.74, 6) is 2.51. The maximum absolute atomic E-state index is 5.04. The van der Waals surface area contributed by atoms with Crippen molar-refractivity contribution < 1.29 is 4.57 Å². The summed E-state index contributed by atoms with van der Waals surface area (Å²) in [6, 6.07) is 0. The number of aromatic amines is 1. The minimum atomic E-state index is 0.642. The van der Waals surface area contributed by atoms with Gasteiger partial charge in [0.15, 0.2) is 6.54 Å². The van der Waals surface area contributed by atoms with E-state index in [-0.39, 0.29) is 0 Å². The highest BCUT2D eigenvalue weighted by atomic mass is 15.0. The minimum absolute atomic E-state index is 0.642. The Labute approximate surface area is 48.2 Å². The number of hydrogen-bond acceptors (Lipinski definition) is 0. The Hall–Kier alpha value is -1.23. The first-order valence-corrected chi connectivity index (χ1v) is 2.39. The number of rotatable bonds is 1. The second kappa shape index (κ2) is 2.17. The Morgan fingerprint density at radius 3 is 3.12 bits per heavy atom. The fourth-order valence-electron chi connectivity index (χ4n) is 0.524. The van der Waals surface area contributed by atoms with E-state index in [1.165, 1.54) is 0 Å². The number of nitrogens with zero attached hydrogens (tertiary/aromatic N) is 1. The molecular weight excluding hydrogens is 100 g/mol. The van der Waals surface area contributed by atoms with Crippen LogP contribution in [0.25, 0.3) is 0 Å². The third kappa shape index (κ3) is 0.881. The van der Waals surface area contributed by atoms with Crippen LogP contribution >= 0.6 is 0 Å². The highest BCUT2D eigenvalue weighted by Gasteiger charge is 1.88. The average molecular weight is 107 g/mol. The molecule has 0 amide bonds. The summed E-state index contributed by atoms with van der Waals surface area (Å²) in [6.07, 6.45) is 10.6. The van der Waals surface area contributed by atoms with Gasteiger partial charge in [-0.3, -0.25) is 4.98 Å². The molecule has 0 saturated carbocycles. The molecule has 2 heteroatoms. The van der Waals surface area contributed by atoms with Gasteiger partial charge in [-0.1, -0.05) is 5.92 Å². The van der Waals surface area contributed by atoms with E-state index in [9.17, 15) is 0 Å². The highest BCUT2D eigenvalue weighted by Crippen LogP contribution is 1.66. The van der Waals surface area contributed by atoms with Gasteiger partial charge in [0.05, 0.1) is 0 Å². The van der Waals surface area contributed by atoms with Crippen LogP contribution in [-0.4, -0.2) is 4.98 Å². The van der Waals surface area contributed by atoms with E-state index in [4.69, 9.17) is 6.42 Å². The summed E-state index contributed by atoms with van der Waals surface area (Å²) in [7, 11) is 0. The Bertz CT molecular complexity index is 181. The molecule has 0 saturated heterocycles. The third-order valence-corrected chi connectivity index (χ3v) is 0.876. The molecule has 2 nitrogen and oxygen atoms in total. The SMILES string of the molecule is C#CC[n+]1cc[nH]c1. The van der Waals surface area contributed by atoms with Gasteiger partial charge in [-0.25, -0.2) is 4.57 Å². The maximum atomic E-state index is 5.04. The highest BCUT2D eigenvalue weighted by molar-refractivity contribution is 4.78. The first kappa shape index (κ1) is 4.92. The van der Waals surface area contributed by atoms with Crippen molar-refractivity contribution in [2.75, 3.05) is 0 Å². The number of aromatic nitrogens is 2. The van der Waals surface area contributed by atoms with Crippen molar-refractivity contribution in [1.82, 2.24) is 4.98 Å². The van der Waals surface area contributed by atoms with Crippen LogP contribution in [0.4, 0.5) is 0 Å². The van der Waals surface area contributed by atoms with Crippen LogP contribution in [0.3, 0.4) is 0 Å². The third-order valence-electron chi connectivity index (χ3n) is 0.876. The normalized spacial score (nSPS) is 8.38. The molecule has 1 rings (SSSR count). The molecule has 1 N–H and O–H groups in total. The molecule has 0 aliphatic carbocycles. The summed E-state index contributed by atoms with van der Waals surface area (Å²) in [5.41, 5.74) is 0. The second-order valence-electron chi connectivity index (χ2n) is 1.49. The molecule has 0 aliphatic heterocycles. The zero-order valence-corrected chi connectivity index (χ0v) is 4.46. The summed E-state index contributed by atoms with van der Waals surface area (Å²) in [5, 5.41) is 0. The molecule has 0 atom stereocenters. The quantitative estimate of drug-likeness (QED) is 0.383. The average Bonchev–Trinajstić information content (AvgIpc) is 2.19. The van der Waals surface area contributed by atoms with E-state index >= 15 is 0 Å². The molecule has 0 spiro atoms. The van der Waals surface area contributed by atoms with Crippen molar-refractivity contribution >= 4 is 0 Å². The van der Waals surface area contributed by atoms with E-state index in [1.807, 2.05) is 23.3 Å². The maximum Gasteiger partial charge on any atom is 0.242 e. The van der Waals surface area contributed by atoms with Crippen molar-refractivity contribution in [2.45, 2.75) is 6.54 Å². The van der Waals surface area contributed by atoms with Crippen LogP contribution < -0.4 is 4.57 Å². The van der Waals surface area contributed by atoms with E-state index in [0.29, 0.717) is 6.54 Å². The minimum Gasteiger partial charge on any atom is -0.250 e. The first-order valence-electron chi connectivity index (χ1n) is 2.39. The topological polar surface area (TPSA) is 19.7 Å². The number of imidazole rings is 1. The largest absolute Gasteiger partial charge is 0.250 e.